The first-order valence-corrected chi connectivity index (χ1v) is 9.52. The highest BCUT2D eigenvalue weighted by Gasteiger charge is 2.17. The van der Waals surface area contributed by atoms with Crippen LogP contribution in [-0.4, -0.2) is 15.3 Å². The second-order valence-electron chi connectivity index (χ2n) is 6.16. The molecule has 1 N–H and O–H groups in total. The van der Waals surface area contributed by atoms with Crippen molar-refractivity contribution in [1.82, 2.24) is 9.38 Å². The van der Waals surface area contributed by atoms with Crippen LogP contribution in [0.15, 0.2) is 58.8 Å². The van der Waals surface area contributed by atoms with E-state index in [1.165, 1.54) is 34.1 Å². The number of fused-ring (bicyclic) bond motifs is 1. The molecule has 0 aliphatic carbocycles. The number of amides is 1. The van der Waals surface area contributed by atoms with Crippen LogP contribution in [0.25, 0.3) is 16.2 Å². The summed E-state index contributed by atoms with van der Waals surface area (Å²) >= 11 is 7.05. The Morgan fingerprint density at radius 3 is 2.68 bits per heavy atom. The second-order valence-corrected chi connectivity index (χ2v) is 7.41. The van der Waals surface area contributed by atoms with Crippen molar-refractivity contribution in [1.29, 1.82) is 0 Å². The van der Waals surface area contributed by atoms with Gasteiger partial charge in [-0.25, -0.2) is 9.37 Å². The van der Waals surface area contributed by atoms with Gasteiger partial charge in [0, 0.05) is 17.3 Å². The number of carbonyl (C=O) groups excluding carboxylic acids is 1. The van der Waals surface area contributed by atoms with E-state index in [1.807, 2.05) is 36.6 Å². The highest BCUT2D eigenvalue weighted by atomic mass is 35.5. The first-order chi connectivity index (χ1) is 13.4. The van der Waals surface area contributed by atoms with Gasteiger partial charge in [-0.3, -0.25) is 14.0 Å². The summed E-state index contributed by atoms with van der Waals surface area (Å²) in [6.07, 6.45) is 1.24. The summed E-state index contributed by atoms with van der Waals surface area (Å²) in [5.41, 5.74) is 2.30. The largest absolute Gasteiger partial charge is 0.322 e. The molecule has 5 nitrogen and oxygen atoms in total. The molecule has 4 aromatic rings. The normalized spacial score (nSPS) is 11.0. The first kappa shape index (κ1) is 18.3. The van der Waals surface area contributed by atoms with E-state index in [2.05, 4.69) is 10.3 Å². The zero-order chi connectivity index (χ0) is 19.8. The lowest BCUT2D eigenvalue weighted by molar-refractivity contribution is 0.102. The number of halogens is 2. The lowest BCUT2D eigenvalue weighted by Gasteiger charge is -2.07. The number of hydrogen-bond acceptors (Lipinski definition) is 4. The van der Waals surface area contributed by atoms with Gasteiger partial charge in [0.2, 0.25) is 0 Å². The van der Waals surface area contributed by atoms with E-state index in [4.69, 9.17) is 11.6 Å². The Hall–Kier alpha value is -3.03. The quantitative estimate of drug-likeness (QED) is 0.526. The standard InChI is InChI=1S/C20H13ClFN3O2S/c1-11-2-4-12(5-3-11)17-10-28-20-23-9-14(19(27)25(17)20)18(26)24-13-6-7-16(22)15(21)8-13/h2-10H,1H3,(H,24,26). The molecule has 0 atom stereocenters. The van der Waals surface area contributed by atoms with Gasteiger partial charge in [-0.15, -0.1) is 11.3 Å². The molecule has 0 aliphatic rings. The average Bonchev–Trinajstić information content (AvgIpc) is 3.10. The molecule has 2 heterocycles. The van der Waals surface area contributed by atoms with E-state index >= 15 is 0 Å². The number of thiazole rings is 1. The molecule has 0 unspecified atom stereocenters. The zero-order valence-electron chi connectivity index (χ0n) is 14.6. The second kappa shape index (κ2) is 7.18. The minimum atomic E-state index is -0.643. The number of hydrogen-bond donors (Lipinski definition) is 1. The molecule has 0 aliphatic heterocycles. The Morgan fingerprint density at radius 1 is 1.21 bits per heavy atom. The number of anilines is 1. The molecule has 0 saturated carbocycles. The molecule has 2 aromatic carbocycles. The highest BCUT2D eigenvalue weighted by molar-refractivity contribution is 7.15. The maximum absolute atomic E-state index is 13.3. The number of carbonyl (C=O) groups is 1. The molecule has 1 amide bonds. The van der Waals surface area contributed by atoms with Gasteiger partial charge in [-0.2, -0.15) is 0 Å². The molecule has 0 radical (unpaired) electrons. The summed E-state index contributed by atoms with van der Waals surface area (Å²) in [5.74, 6) is -1.24. The number of nitrogens with one attached hydrogen (secondary N) is 1. The van der Waals surface area contributed by atoms with Crippen molar-refractivity contribution in [3.8, 4) is 11.3 Å². The smallest absolute Gasteiger partial charge is 0.271 e. The van der Waals surface area contributed by atoms with E-state index < -0.39 is 17.3 Å². The van der Waals surface area contributed by atoms with Crippen molar-refractivity contribution in [3.63, 3.8) is 0 Å². The number of nitrogens with zero attached hydrogens (tertiary/aromatic N) is 2. The van der Waals surface area contributed by atoms with Gasteiger partial charge in [0.15, 0.2) is 4.96 Å². The Kier molecular flexibility index (Phi) is 4.70. The van der Waals surface area contributed by atoms with E-state index in [0.29, 0.717) is 10.7 Å². The highest BCUT2D eigenvalue weighted by Crippen LogP contribution is 2.24. The fourth-order valence-corrected chi connectivity index (χ4v) is 3.79. The summed E-state index contributed by atoms with van der Waals surface area (Å²) in [7, 11) is 0. The molecule has 28 heavy (non-hydrogen) atoms. The molecule has 4 rings (SSSR count). The van der Waals surface area contributed by atoms with Crippen LogP contribution in [0, 0.1) is 12.7 Å². The molecule has 140 valence electrons. The molecule has 0 bridgehead atoms. The van der Waals surface area contributed by atoms with Crippen molar-refractivity contribution in [2.24, 2.45) is 0 Å². The van der Waals surface area contributed by atoms with E-state index in [-0.39, 0.29) is 16.3 Å². The van der Waals surface area contributed by atoms with Gasteiger partial charge < -0.3 is 5.32 Å². The third kappa shape index (κ3) is 3.30. The summed E-state index contributed by atoms with van der Waals surface area (Å²) in [6, 6.07) is 11.5. The van der Waals surface area contributed by atoms with Crippen LogP contribution in [0.5, 0.6) is 0 Å². The number of rotatable bonds is 3. The van der Waals surface area contributed by atoms with Crippen molar-refractivity contribution >= 4 is 39.5 Å². The average molecular weight is 414 g/mol. The van der Waals surface area contributed by atoms with Gasteiger partial charge in [0.25, 0.3) is 11.5 Å². The van der Waals surface area contributed by atoms with Gasteiger partial charge in [0.05, 0.1) is 10.7 Å². The number of benzene rings is 2. The maximum atomic E-state index is 13.3. The summed E-state index contributed by atoms with van der Waals surface area (Å²) < 4.78 is 14.7. The Morgan fingerprint density at radius 2 is 1.96 bits per heavy atom. The minimum Gasteiger partial charge on any atom is -0.322 e. The molecule has 0 fully saturated rings. The van der Waals surface area contributed by atoms with Crippen LogP contribution in [0.1, 0.15) is 15.9 Å². The predicted molar refractivity (Wildman–Crippen MR) is 109 cm³/mol. The van der Waals surface area contributed by atoms with E-state index in [9.17, 15) is 14.0 Å². The van der Waals surface area contributed by atoms with Crippen LogP contribution in [0.2, 0.25) is 5.02 Å². The molecular weight excluding hydrogens is 401 g/mol. The third-order valence-electron chi connectivity index (χ3n) is 4.22. The predicted octanol–water partition coefficient (Wildman–Crippen LogP) is 4.78. The Balaban J connectivity index is 1.75. The Bertz CT molecular complexity index is 1260. The van der Waals surface area contributed by atoms with Crippen molar-refractivity contribution in [3.05, 3.63) is 86.4 Å². The molecule has 2 aromatic heterocycles. The molecular formula is C20H13ClFN3O2S. The van der Waals surface area contributed by atoms with E-state index in [0.717, 1.165) is 17.2 Å². The summed E-state index contributed by atoms with van der Waals surface area (Å²) in [5, 5.41) is 4.26. The van der Waals surface area contributed by atoms with Crippen LogP contribution >= 0.6 is 22.9 Å². The van der Waals surface area contributed by atoms with Gasteiger partial charge in [0.1, 0.15) is 11.4 Å². The summed E-state index contributed by atoms with van der Waals surface area (Å²) in [6.45, 7) is 1.98. The summed E-state index contributed by atoms with van der Waals surface area (Å²) in [4.78, 5) is 30.3. The van der Waals surface area contributed by atoms with Gasteiger partial charge in [-0.1, -0.05) is 41.4 Å². The van der Waals surface area contributed by atoms with Crippen molar-refractivity contribution < 1.29 is 9.18 Å². The number of aryl methyl sites for hydroxylation is 1. The lowest BCUT2D eigenvalue weighted by atomic mass is 10.1. The third-order valence-corrected chi connectivity index (χ3v) is 5.34. The maximum Gasteiger partial charge on any atom is 0.271 e. The fraction of sp³-hybridized carbons (Fsp3) is 0.0500. The fourth-order valence-electron chi connectivity index (χ4n) is 2.75. The van der Waals surface area contributed by atoms with Gasteiger partial charge in [-0.05, 0) is 30.7 Å². The van der Waals surface area contributed by atoms with Crippen LogP contribution in [-0.2, 0) is 0 Å². The number of aromatic nitrogens is 2. The van der Waals surface area contributed by atoms with Gasteiger partial charge >= 0.3 is 0 Å². The van der Waals surface area contributed by atoms with Crippen molar-refractivity contribution in [2.45, 2.75) is 6.92 Å². The SMILES string of the molecule is Cc1ccc(-c2csc3ncc(C(=O)Nc4ccc(F)c(Cl)c4)c(=O)n23)cc1. The minimum absolute atomic E-state index is 0.121. The Labute approximate surface area is 168 Å². The molecule has 8 heteroatoms. The van der Waals surface area contributed by atoms with Crippen LogP contribution in [0.3, 0.4) is 0 Å². The van der Waals surface area contributed by atoms with Crippen LogP contribution in [0.4, 0.5) is 10.1 Å². The van der Waals surface area contributed by atoms with Crippen molar-refractivity contribution in [2.75, 3.05) is 5.32 Å². The first-order valence-electron chi connectivity index (χ1n) is 8.27. The topological polar surface area (TPSA) is 63.5 Å². The molecule has 0 spiro atoms. The lowest BCUT2D eigenvalue weighted by Crippen LogP contribution is -2.26. The molecule has 0 saturated heterocycles. The zero-order valence-corrected chi connectivity index (χ0v) is 16.1. The van der Waals surface area contributed by atoms with Crippen LogP contribution < -0.4 is 10.9 Å². The van der Waals surface area contributed by atoms with E-state index in [1.54, 1.807) is 0 Å². The monoisotopic (exact) mass is 413 g/mol.